The zero-order valence-corrected chi connectivity index (χ0v) is 9.43. The molecule has 0 saturated carbocycles. The number of hydrogen-bond acceptors (Lipinski definition) is 4. The Morgan fingerprint density at radius 3 is 3.00 bits per heavy atom. The second-order valence-electron chi connectivity index (χ2n) is 3.32. The number of thiazole rings is 1. The fourth-order valence-corrected chi connectivity index (χ4v) is 2.00. The normalized spacial score (nSPS) is 10.4. The molecule has 0 amide bonds. The van der Waals surface area contributed by atoms with Gasteiger partial charge in [0.15, 0.2) is 5.13 Å². The van der Waals surface area contributed by atoms with Crippen LogP contribution in [0.25, 0.3) is 0 Å². The van der Waals surface area contributed by atoms with Gasteiger partial charge >= 0.3 is 0 Å². The van der Waals surface area contributed by atoms with E-state index in [1.54, 1.807) is 12.3 Å². The second kappa shape index (κ2) is 5.05. The quantitative estimate of drug-likeness (QED) is 0.858. The third-order valence-electron chi connectivity index (χ3n) is 2.09. The molecule has 0 atom stereocenters. The number of nitrogens with zero attached hydrogens (tertiary/aromatic N) is 1. The molecule has 0 radical (unpaired) electrons. The Labute approximate surface area is 97.1 Å². The van der Waals surface area contributed by atoms with E-state index in [9.17, 15) is 4.39 Å². The molecule has 2 aromatic rings. The van der Waals surface area contributed by atoms with E-state index in [-0.39, 0.29) is 5.82 Å². The van der Waals surface area contributed by atoms with Gasteiger partial charge in [-0.15, -0.1) is 11.3 Å². The van der Waals surface area contributed by atoms with Gasteiger partial charge in [-0.3, -0.25) is 0 Å². The summed E-state index contributed by atoms with van der Waals surface area (Å²) in [5.41, 5.74) is 6.38. The Kier molecular flexibility index (Phi) is 3.48. The van der Waals surface area contributed by atoms with Crippen LogP contribution in [0.5, 0.6) is 0 Å². The van der Waals surface area contributed by atoms with Crippen molar-refractivity contribution < 1.29 is 4.39 Å². The van der Waals surface area contributed by atoms with E-state index in [0.717, 1.165) is 15.6 Å². The lowest BCUT2D eigenvalue weighted by Crippen LogP contribution is -1.98. The average molecular weight is 237 g/mol. The lowest BCUT2D eigenvalue weighted by molar-refractivity contribution is 0.626. The molecule has 5 heteroatoms. The molecule has 16 heavy (non-hydrogen) atoms. The smallest absolute Gasteiger partial charge is 0.183 e. The first-order valence-electron chi connectivity index (χ1n) is 4.91. The van der Waals surface area contributed by atoms with E-state index in [1.165, 1.54) is 23.5 Å². The van der Waals surface area contributed by atoms with E-state index in [2.05, 4.69) is 10.3 Å². The van der Waals surface area contributed by atoms with Crippen molar-refractivity contribution in [3.63, 3.8) is 0 Å². The van der Waals surface area contributed by atoms with Crippen molar-refractivity contribution in [2.24, 2.45) is 5.73 Å². The number of benzene rings is 1. The zero-order valence-electron chi connectivity index (χ0n) is 8.61. The van der Waals surface area contributed by atoms with Crippen LogP contribution in [0.15, 0.2) is 30.5 Å². The van der Waals surface area contributed by atoms with Gasteiger partial charge in [0.05, 0.1) is 0 Å². The van der Waals surface area contributed by atoms with Gasteiger partial charge in [-0.25, -0.2) is 9.37 Å². The first-order valence-corrected chi connectivity index (χ1v) is 5.72. The van der Waals surface area contributed by atoms with E-state index < -0.39 is 0 Å². The minimum absolute atomic E-state index is 0.221. The molecule has 1 aromatic heterocycles. The summed E-state index contributed by atoms with van der Waals surface area (Å²) < 4.78 is 12.9. The van der Waals surface area contributed by atoms with Crippen LogP contribution in [-0.4, -0.2) is 4.98 Å². The summed E-state index contributed by atoms with van der Waals surface area (Å²) in [6, 6.07) is 6.50. The highest BCUT2D eigenvalue weighted by molar-refractivity contribution is 7.15. The highest BCUT2D eigenvalue weighted by atomic mass is 32.1. The van der Waals surface area contributed by atoms with Gasteiger partial charge in [0.25, 0.3) is 0 Å². The zero-order chi connectivity index (χ0) is 11.4. The van der Waals surface area contributed by atoms with E-state index in [4.69, 9.17) is 5.73 Å². The number of halogens is 1. The second-order valence-corrected chi connectivity index (χ2v) is 4.43. The number of rotatable bonds is 4. The van der Waals surface area contributed by atoms with Crippen molar-refractivity contribution in [1.29, 1.82) is 0 Å². The molecule has 0 unspecified atom stereocenters. The van der Waals surface area contributed by atoms with Crippen LogP contribution in [0.4, 0.5) is 9.52 Å². The third kappa shape index (κ3) is 2.77. The predicted octanol–water partition coefficient (Wildman–Crippen LogP) is 2.35. The monoisotopic (exact) mass is 237 g/mol. The van der Waals surface area contributed by atoms with Crippen molar-refractivity contribution in [2.45, 2.75) is 13.1 Å². The average Bonchev–Trinajstić information content (AvgIpc) is 2.74. The SMILES string of the molecule is NCc1cnc(NCc2cccc(F)c2)s1. The summed E-state index contributed by atoms with van der Waals surface area (Å²) in [4.78, 5) is 5.19. The number of hydrogen-bond donors (Lipinski definition) is 2. The number of anilines is 1. The van der Waals surface area contributed by atoms with Crippen molar-refractivity contribution >= 4 is 16.5 Å². The first-order chi connectivity index (χ1) is 7.78. The summed E-state index contributed by atoms with van der Waals surface area (Å²) in [6.45, 7) is 1.06. The minimum atomic E-state index is -0.221. The van der Waals surface area contributed by atoms with Crippen molar-refractivity contribution in [3.8, 4) is 0 Å². The molecule has 0 fully saturated rings. The lowest BCUT2D eigenvalue weighted by atomic mass is 10.2. The van der Waals surface area contributed by atoms with Crippen LogP contribution < -0.4 is 11.1 Å². The molecular weight excluding hydrogens is 225 g/mol. The summed E-state index contributed by atoms with van der Waals surface area (Å²) in [5, 5.41) is 3.94. The highest BCUT2D eigenvalue weighted by Gasteiger charge is 2.00. The molecular formula is C11H12FN3S. The van der Waals surface area contributed by atoms with Gasteiger partial charge in [0, 0.05) is 24.2 Å². The van der Waals surface area contributed by atoms with Gasteiger partial charge in [0.2, 0.25) is 0 Å². The molecule has 1 heterocycles. The van der Waals surface area contributed by atoms with E-state index >= 15 is 0 Å². The lowest BCUT2D eigenvalue weighted by Gasteiger charge is -2.02. The van der Waals surface area contributed by atoms with E-state index in [1.807, 2.05) is 6.07 Å². The van der Waals surface area contributed by atoms with Gasteiger partial charge in [-0.2, -0.15) is 0 Å². The minimum Gasteiger partial charge on any atom is -0.357 e. The summed E-state index contributed by atoms with van der Waals surface area (Å²) in [5.74, 6) is -0.221. The largest absolute Gasteiger partial charge is 0.357 e. The van der Waals surface area contributed by atoms with Gasteiger partial charge in [-0.05, 0) is 17.7 Å². The topological polar surface area (TPSA) is 50.9 Å². The molecule has 3 nitrogen and oxygen atoms in total. The van der Waals surface area contributed by atoms with Gasteiger partial charge in [-0.1, -0.05) is 12.1 Å². The Morgan fingerprint density at radius 1 is 1.44 bits per heavy atom. The van der Waals surface area contributed by atoms with Crippen molar-refractivity contribution in [3.05, 3.63) is 46.7 Å². The Bertz CT molecular complexity index is 470. The molecule has 3 N–H and O–H groups in total. The molecule has 84 valence electrons. The van der Waals surface area contributed by atoms with E-state index in [0.29, 0.717) is 13.1 Å². The molecule has 1 aromatic carbocycles. The summed E-state index contributed by atoms with van der Waals surface area (Å²) >= 11 is 1.52. The molecule has 0 aliphatic rings. The van der Waals surface area contributed by atoms with Crippen LogP contribution in [0.2, 0.25) is 0 Å². The number of nitrogens with one attached hydrogen (secondary N) is 1. The highest BCUT2D eigenvalue weighted by Crippen LogP contribution is 2.18. The third-order valence-corrected chi connectivity index (χ3v) is 3.06. The number of aromatic nitrogens is 1. The molecule has 0 saturated heterocycles. The molecule has 0 aliphatic carbocycles. The molecule has 0 spiro atoms. The molecule has 0 bridgehead atoms. The van der Waals surface area contributed by atoms with Crippen LogP contribution in [0.3, 0.4) is 0 Å². The number of nitrogens with two attached hydrogens (primary N) is 1. The van der Waals surface area contributed by atoms with Crippen molar-refractivity contribution in [2.75, 3.05) is 5.32 Å². The Balaban J connectivity index is 1.96. The molecule has 0 aliphatic heterocycles. The van der Waals surface area contributed by atoms with Crippen LogP contribution in [-0.2, 0) is 13.1 Å². The fraction of sp³-hybridized carbons (Fsp3) is 0.182. The van der Waals surface area contributed by atoms with Gasteiger partial charge < -0.3 is 11.1 Å². The Morgan fingerprint density at radius 2 is 2.31 bits per heavy atom. The summed E-state index contributed by atoms with van der Waals surface area (Å²) in [6.07, 6.45) is 1.75. The van der Waals surface area contributed by atoms with Crippen molar-refractivity contribution in [1.82, 2.24) is 4.98 Å². The maximum Gasteiger partial charge on any atom is 0.183 e. The predicted molar refractivity (Wildman–Crippen MR) is 63.7 cm³/mol. The van der Waals surface area contributed by atoms with Crippen LogP contribution in [0, 0.1) is 5.82 Å². The maximum absolute atomic E-state index is 12.9. The fourth-order valence-electron chi connectivity index (χ4n) is 1.31. The summed E-state index contributed by atoms with van der Waals surface area (Å²) in [7, 11) is 0. The Hall–Kier alpha value is -1.46. The van der Waals surface area contributed by atoms with Gasteiger partial charge in [0.1, 0.15) is 5.82 Å². The maximum atomic E-state index is 12.9. The molecule has 2 rings (SSSR count). The standard InChI is InChI=1S/C11H12FN3S/c12-9-3-1-2-8(4-9)6-14-11-15-7-10(5-13)16-11/h1-4,7H,5-6,13H2,(H,14,15). The van der Waals surface area contributed by atoms with Crippen LogP contribution in [0.1, 0.15) is 10.4 Å². The first kappa shape index (κ1) is 11.0. The van der Waals surface area contributed by atoms with Crippen LogP contribution >= 0.6 is 11.3 Å².